The minimum atomic E-state index is -3.94. The molecule has 0 atom stereocenters. The quantitative estimate of drug-likeness (QED) is 0.585. The van der Waals surface area contributed by atoms with Crippen molar-refractivity contribution in [2.45, 2.75) is 11.6 Å². The van der Waals surface area contributed by atoms with Crippen LogP contribution in [0.15, 0.2) is 60.0 Å². The summed E-state index contributed by atoms with van der Waals surface area (Å²) in [7, 11) is -2.34. The van der Waals surface area contributed by atoms with E-state index in [9.17, 15) is 13.2 Å². The second kappa shape index (κ2) is 9.27. The normalized spacial score (nSPS) is 15.0. The highest BCUT2D eigenvalue weighted by atomic mass is 35.5. The van der Waals surface area contributed by atoms with Crippen LogP contribution in [0.4, 0.5) is 5.69 Å². The van der Waals surface area contributed by atoms with Crippen LogP contribution in [0.3, 0.4) is 0 Å². The molecular formula is C21H23ClN6O3S. The van der Waals surface area contributed by atoms with E-state index in [2.05, 4.69) is 20.3 Å². The molecule has 0 unspecified atom stereocenters. The third-order valence-corrected chi connectivity index (χ3v) is 7.31. The number of aryl methyl sites for hydroxylation is 1. The van der Waals surface area contributed by atoms with Gasteiger partial charge in [-0.05, 0) is 35.9 Å². The molecule has 2 aromatic heterocycles. The van der Waals surface area contributed by atoms with Crippen LogP contribution in [0.2, 0.25) is 5.02 Å². The molecule has 1 aliphatic rings. The maximum Gasteiger partial charge on any atom is 0.263 e. The number of nitrogens with one attached hydrogen (secondary N) is 1. The maximum absolute atomic E-state index is 13.3. The van der Waals surface area contributed by atoms with E-state index in [0.29, 0.717) is 18.1 Å². The Kier molecular flexibility index (Phi) is 6.45. The van der Waals surface area contributed by atoms with E-state index in [4.69, 9.17) is 11.6 Å². The van der Waals surface area contributed by atoms with E-state index < -0.39 is 15.9 Å². The summed E-state index contributed by atoms with van der Waals surface area (Å²) in [4.78, 5) is 18.8. The highest BCUT2D eigenvalue weighted by Gasteiger charge is 2.34. The Balaban J connectivity index is 1.48. The fraction of sp³-hybridized carbons (Fsp3) is 0.286. The standard InChI is InChI=1S/C21H23ClN6O3S/c1-26-15-19(20(29)24-14-16-5-7-23-8-6-16)21(25-26)32(30,31)28-11-9-27(10-12-28)18-4-2-3-17(22)13-18/h2-8,13,15H,9-12,14H2,1H3,(H,24,29). The second-order valence-electron chi connectivity index (χ2n) is 7.43. The van der Waals surface area contributed by atoms with Gasteiger partial charge in [-0.2, -0.15) is 9.40 Å². The molecule has 32 heavy (non-hydrogen) atoms. The number of piperazine rings is 1. The van der Waals surface area contributed by atoms with E-state index in [1.807, 2.05) is 18.2 Å². The predicted molar refractivity (Wildman–Crippen MR) is 121 cm³/mol. The fourth-order valence-corrected chi connectivity index (χ4v) is 5.30. The van der Waals surface area contributed by atoms with Gasteiger partial charge < -0.3 is 10.2 Å². The zero-order chi connectivity index (χ0) is 22.7. The average molecular weight is 475 g/mol. The SMILES string of the molecule is Cn1cc(C(=O)NCc2ccncc2)c(S(=O)(=O)N2CCN(c3cccc(Cl)c3)CC2)n1. The van der Waals surface area contributed by atoms with Crippen LogP contribution in [0.25, 0.3) is 0 Å². The zero-order valence-electron chi connectivity index (χ0n) is 17.5. The lowest BCUT2D eigenvalue weighted by atomic mass is 10.2. The Hall–Kier alpha value is -2.95. The minimum absolute atomic E-state index is 0.0267. The van der Waals surface area contributed by atoms with Crippen LogP contribution in [0.5, 0.6) is 0 Å². The van der Waals surface area contributed by atoms with Crippen molar-refractivity contribution in [2.75, 3.05) is 31.1 Å². The third-order valence-electron chi connectivity index (χ3n) is 5.24. The minimum Gasteiger partial charge on any atom is -0.369 e. The predicted octanol–water partition coefficient (Wildman–Crippen LogP) is 1.91. The number of carbonyl (C=O) groups is 1. The molecule has 9 nitrogen and oxygen atoms in total. The van der Waals surface area contributed by atoms with Crippen molar-refractivity contribution >= 4 is 33.2 Å². The Morgan fingerprint density at radius 3 is 2.53 bits per heavy atom. The molecule has 0 bridgehead atoms. The number of nitrogens with zero attached hydrogens (tertiary/aromatic N) is 5. The van der Waals surface area contributed by atoms with Gasteiger partial charge in [-0.25, -0.2) is 8.42 Å². The molecule has 0 spiro atoms. The number of anilines is 1. The first-order valence-corrected chi connectivity index (χ1v) is 11.9. The molecule has 1 aliphatic heterocycles. The first-order valence-electron chi connectivity index (χ1n) is 10.1. The average Bonchev–Trinajstić information content (AvgIpc) is 3.21. The van der Waals surface area contributed by atoms with Crippen molar-refractivity contribution in [1.82, 2.24) is 24.4 Å². The molecule has 168 valence electrons. The molecule has 1 fully saturated rings. The molecule has 1 aromatic carbocycles. The van der Waals surface area contributed by atoms with Crippen LogP contribution in [0, 0.1) is 0 Å². The zero-order valence-corrected chi connectivity index (χ0v) is 19.1. The summed E-state index contributed by atoms with van der Waals surface area (Å²) < 4.78 is 29.4. The van der Waals surface area contributed by atoms with Crippen molar-refractivity contribution in [3.05, 3.63) is 71.1 Å². The molecular weight excluding hydrogens is 452 g/mol. The summed E-state index contributed by atoms with van der Waals surface area (Å²) in [6.45, 7) is 1.84. The summed E-state index contributed by atoms with van der Waals surface area (Å²) in [5, 5.41) is 7.26. The number of sulfonamides is 1. The molecule has 1 saturated heterocycles. The van der Waals surface area contributed by atoms with Gasteiger partial charge >= 0.3 is 0 Å². The van der Waals surface area contributed by atoms with Gasteiger partial charge in [-0.3, -0.25) is 14.5 Å². The van der Waals surface area contributed by atoms with Gasteiger partial charge in [-0.1, -0.05) is 17.7 Å². The lowest BCUT2D eigenvalue weighted by Gasteiger charge is -2.35. The monoisotopic (exact) mass is 474 g/mol. The number of hydrogen-bond donors (Lipinski definition) is 1. The summed E-state index contributed by atoms with van der Waals surface area (Å²) in [5.74, 6) is -0.494. The number of amides is 1. The van der Waals surface area contributed by atoms with Gasteiger partial charge in [0.2, 0.25) is 5.03 Å². The Bertz CT molecular complexity index is 1210. The van der Waals surface area contributed by atoms with E-state index >= 15 is 0 Å². The Morgan fingerprint density at radius 2 is 1.84 bits per heavy atom. The van der Waals surface area contributed by atoms with Crippen molar-refractivity contribution in [1.29, 1.82) is 0 Å². The van der Waals surface area contributed by atoms with E-state index in [0.717, 1.165) is 11.3 Å². The molecule has 11 heteroatoms. The number of pyridine rings is 1. The molecule has 0 aliphatic carbocycles. The Labute approximate surface area is 191 Å². The molecule has 0 radical (unpaired) electrons. The van der Waals surface area contributed by atoms with Gasteiger partial charge in [0, 0.05) is 69.1 Å². The van der Waals surface area contributed by atoms with Gasteiger partial charge in [0.05, 0.1) is 5.56 Å². The lowest BCUT2D eigenvalue weighted by molar-refractivity contribution is 0.0947. The van der Waals surface area contributed by atoms with Crippen molar-refractivity contribution in [3.63, 3.8) is 0 Å². The van der Waals surface area contributed by atoms with E-state index in [-0.39, 0.29) is 30.2 Å². The summed E-state index contributed by atoms with van der Waals surface area (Å²) in [6.07, 6.45) is 4.69. The van der Waals surface area contributed by atoms with Gasteiger partial charge in [-0.15, -0.1) is 0 Å². The molecule has 3 heterocycles. The number of halogens is 1. The van der Waals surface area contributed by atoms with Gasteiger partial charge in [0.15, 0.2) is 0 Å². The van der Waals surface area contributed by atoms with Crippen molar-refractivity contribution in [3.8, 4) is 0 Å². The van der Waals surface area contributed by atoms with Crippen LogP contribution < -0.4 is 10.2 Å². The number of benzene rings is 1. The van der Waals surface area contributed by atoms with Crippen LogP contribution in [-0.2, 0) is 23.6 Å². The van der Waals surface area contributed by atoms with Crippen LogP contribution in [0.1, 0.15) is 15.9 Å². The van der Waals surface area contributed by atoms with Crippen molar-refractivity contribution in [2.24, 2.45) is 7.05 Å². The number of aromatic nitrogens is 3. The molecule has 1 N–H and O–H groups in total. The number of carbonyl (C=O) groups excluding carboxylic acids is 1. The van der Waals surface area contributed by atoms with Gasteiger partial charge in [0.1, 0.15) is 0 Å². The summed E-state index contributed by atoms with van der Waals surface area (Å²) in [5.41, 5.74) is 1.83. The third kappa shape index (κ3) is 4.77. The topological polar surface area (TPSA) is 100 Å². The highest BCUT2D eigenvalue weighted by molar-refractivity contribution is 7.89. The Morgan fingerprint density at radius 1 is 1.12 bits per heavy atom. The molecule has 3 aromatic rings. The largest absolute Gasteiger partial charge is 0.369 e. The van der Waals surface area contributed by atoms with Crippen LogP contribution in [-0.4, -0.2) is 59.6 Å². The summed E-state index contributed by atoms with van der Waals surface area (Å²) >= 11 is 6.08. The van der Waals surface area contributed by atoms with Gasteiger partial charge in [0.25, 0.3) is 15.9 Å². The lowest BCUT2D eigenvalue weighted by Crippen LogP contribution is -2.49. The molecule has 4 rings (SSSR count). The smallest absolute Gasteiger partial charge is 0.263 e. The van der Waals surface area contributed by atoms with Crippen molar-refractivity contribution < 1.29 is 13.2 Å². The number of rotatable bonds is 6. The highest BCUT2D eigenvalue weighted by Crippen LogP contribution is 2.24. The maximum atomic E-state index is 13.3. The first kappa shape index (κ1) is 22.3. The summed E-state index contributed by atoms with van der Waals surface area (Å²) in [6, 6.07) is 11.0. The fourth-order valence-electron chi connectivity index (χ4n) is 3.57. The first-order chi connectivity index (χ1) is 15.3. The van der Waals surface area contributed by atoms with E-state index in [1.165, 1.54) is 15.2 Å². The van der Waals surface area contributed by atoms with Crippen LogP contribution >= 0.6 is 11.6 Å². The molecule has 0 saturated carbocycles. The second-order valence-corrected chi connectivity index (χ2v) is 9.72. The molecule has 1 amide bonds. The van der Waals surface area contributed by atoms with E-state index in [1.54, 1.807) is 37.6 Å². The number of hydrogen-bond acceptors (Lipinski definition) is 6.